The zero-order valence-corrected chi connectivity index (χ0v) is 9.88. The van der Waals surface area contributed by atoms with Crippen molar-refractivity contribution in [1.29, 1.82) is 0 Å². The van der Waals surface area contributed by atoms with Crippen molar-refractivity contribution in [2.24, 2.45) is 0 Å². The molecule has 0 bridgehead atoms. The van der Waals surface area contributed by atoms with Crippen LogP contribution >= 0.6 is 0 Å². The molecule has 0 aliphatic heterocycles. The van der Waals surface area contributed by atoms with Crippen LogP contribution in [-0.4, -0.2) is 24.4 Å². The molecule has 0 radical (unpaired) electrons. The molecule has 0 saturated carbocycles. The summed E-state index contributed by atoms with van der Waals surface area (Å²) in [5, 5.41) is 12.1. The summed E-state index contributed by atoms with van der Waals surface area (Å²) in [5.41, 5.74) is 0.288. The molecule has 90 valence electrons. The molecule has 2 N–H and O–H groups in total. The third-order valence-electron chi connectivity index (χ3n) is 2.37. The lowest BCUT2D eigenvalue weighted by atomic mass is 10.0. The van der Waals surface area contributed by atoms with Crippen LogP contribution < -0.4 is 10.1 Å². The van der Waals surface area contributed by atoms with E-state index in [1.807, 2.05) is 13.8 Å². The third kappa shape index (κ3) is 3.38. The molecule has 0 atom stereocenters. The second kappa shape index (κ2) is 5.16. The SMILES string of the molecule is COc1ccc(F)cc1NC(C)(C)CCO. The standard InChI is InChI=1S/C12H18FNO2/c1-12(2,6-7-15)14-10-8-9(13)4-5-11(10)16-3/h4-5,8,14-15H,6-7H2,1-3H3. The first-order chi connectivity index (χ1) is 7.48. The van der Waals surface area contributed by atoms with Crippen LogP contribution in [0.4, 0.5) is 10.1 Å². The van der Waals surface area contributed by atoms with E-state index >= 15 is 0 Å². The maximum Gasteiger partial charge on any atom is 0.142 e. The number of ether oxygens (including phenoxy) is 1. The predicted molar refractivity (Wildman–Crippen MR) is 62.4 cm³/mol. The highest BCUT2D eigenvalue weighted by Crippen LogP contribution is 2.28. The molecule has 4 heteroatoms. The number of halogens is 1. The van der Waals surface area contributed by atoms with Gasteiger partial charge >= 0.3 is 0 Å². The number of rotatable bonds is 5. The number of aliphatic hydroxyl groups is 1. The van der Waals surface area contributed by atoms with Crippen LogP contribution in [-0.2, 0) is 0 Å². The molecule has 0 amide bonds. The van der Waals surface area contributed by atoms with E-state index in [1.54, 1.807) is 6.07 Å². The quantitative estimate of drug-likeness (QED) is 0.811. The van der Waals surface area contributed by atoms with Crippen molar-refractivity contribution in [1.82, 2.24) is 0 Å². The maximum atomic E-state index is 13.1. The number of hydrogen-bond donors (Lipinski definition) is 2. The first-order valence-corrected chi connectivity index (χ1v) is 5.21. The molecule has 16 heavy (non-hydrogen) atoms. The smallest absolute Gasteiger partial charge is 0.142 e. The summed E-state index contributed by atoms with van der Waals surface area (Å²) in [7, 11) is 1.54. The Morgan fingerprint density at radius 3 is 2.69 bits per heavy atom. The molecular formula is C12H18FNO2. The lowest BCUT2D eigenvalue weighted by Gasteiger charge is -2.27. The monoisotopic (exact) mass is 227 g/mol. The number of nitrogens with one attached hydrogen (secondary N) is 1. The van der Waals surface area contributed by atoms with E-state index in [-0.39, 0.29) is 18.0 Å². The van der Waals surface area contributed by atoms with E-state index in [9.17, 15) is 4.39 Å². The van der Waals surface area contributed by atoms with Gasteiger partial charge in [0.05, 0.1) is 12.8 Å². The highest BCUT2D eigenvalue weighted by molar-refractivity contribution is 5.57. The van der Waals surface area contributed by atoms with Gasteiger partial charge in [0.1, 0.15) is 11.6 Å². The minimum absolute atomic E-state index is 0.0810. The van der Waals surface area contributed by atoms with E-state index in [2.05, 4.69) is 5.32 Å². The molecule has 0 aliphatic rings. The Bertz CT molecular complexity index is 353. The van der Waals surface area contributed by atoms with Crippen molar-refractivity contribution in [3.63, 3.8) is 0 Å². The fraction of sp³-hybridized carbons (Fsp3) is 0.500. The summed E-state index contributed by atoms with van der Waals surface area (Å²) >= 11 is 0. The number of methoxy groups -OCH3 is 1. The van der Waals surface area contributed by atoms with Gasteiger partial charge in [-0.3, -0.25) is 0 Å². The molecule has 0 heterocycles. The summed E-state index contributed by atoms with van der Waals surface area (Å²) < 4.78 is 18.2. The van der Waals surface area contributed by atoms with E-state index in [4.69, 9.17) is 9.84 Å². The van der Waals surface area contributed by atoms with E-state index in [0.29, 0.717) is 17.9 Å². The van der Waals surface area contributed by atoms with Crippen molar-refractivity contribution >= 4 is 5.69 Å². The normalized spacial score (nSPS) is 11.3. The molecule has 0 fully saturated rings. The van der Waals surface area contributed by atoms with Gasteiger partial charge in [-0.25, -0.2) is 4.39 Å². The zero-order valence-electron chi connectivity index (χ0n) is 9.88. The second-order valence-corrected chi connectivity index (χ2v) is 4.33. The Morgan fingerprint density at radius 1 is 1.44 bits per heavy atom. The van der Waals surface area contributed by atoms with Gasteiger partial charge in [0.15, 0.2) is 0 Å². The molecule has 3 nitrogen and oxygen atoms in total. The Balaban J connectivity index is 2.90. The Labute approximate surface area is 95.2 Å². The van der Waals surface area contributed by atoms with Crippen LogP contribution in [0.1, 0.15) is 20.3 Å². The van der Waals surface area contributed by atoms with Gasteiger partial charge in [-0.2, -0.15) is 0 Å². The van der Waals surface area contributed by atoms with E-state index in [1.165, 1.54) is 19.2 Å². The molecule has 0 aliphatic carbocycles. The Morgan fingerprint density at radius 2 is 2.12 bits per heavy atom. The average molecular weight is 227 g/mol. The van der Waals surface area contributed by atoms with Crippen LogP contribution in [0.5, 0.6) is 5.75 Å². The largest absolute Gasteiger partial charge is 0.495 e. The molecule has 0 aromatic heterocycles. The number of hydrogen-bond acceptors (Lipinski definition) is 3. The highest BCUT2D eigenvalue weighted by Gasteiger charge is 2.18. The van der Waals surface area contributed by atoms with Gasteiger partial charge in [-0.15, -0.1) is 0 Å². The van der Waals surface area contributed by atoms with Gasteiger partial charge in [0.25, 0.3) is 0 Å². The van der Waals surface area contributed by atoms with Crippen LogP contribution in [0.2, 0.25) is 0 Å². The van der Waals surface area contributed by atoms with Gasteiger partial charge in [-0.1, -0.05) is 0 Å². The lowest BCUT2D eigenvalue weighted by Crippen LogP contribution is -2.32. The van der Waals surface area contributed by atoms with Gasteiger partial charge in [-0.05, 0) is 32.4 Å². The topological polar surface area (TPSA) is 41.5 Å². The van der Waals surface area contributed by atoms with Crippen molar-refractivity contribution < 1.29 is 14.2 Å². The summed E-state index contributed by atoms with van der Waals surface area (Å²) in [6.45, 7) is 3.96. The maximum absolute atomic E-state index is 13.1. The molecular weight excluding hydrogens is 209 g/mol. The van der Waals surface area contributed by atoms with Crippen molar-refractivity contribution in [3.05, 3.63) is 24.0 Å². The lowest BCUT2D eigenvalue weighted by molar-refractivity contribution is 0.260. The van der Waals surface area contributed by atoms with Crippen LogP contribution in [0, 0.1) is 5.82 Å². The number of benzene rings is 1. The van der Waals surface area contributed by atoms with E-state index in [0.717, 1.165) is 0 Å². The Kier molecular flexibility index (Phi) is 4.12. The van der Waals surface area contributed by atoms with Crippen LogP contribution in [0.15, 0.2) is 18.2 Å². The van der Waals surface area contributed by atoms with Gasteiger partial charge in [0, 0.05) is 18.2 Å². The summed E-state index contributed by atoms with van der Waals surface area (Å²) in [6.07, 6.45) is 0.576. The average Bonchev–Trinajstić information content (AvgIpc) is 2.17. The molecule has 0 unspecified atom stereocenters. The van der Waals surface area contributed by atoms with Crippen molar-refractivity contribution in [2.75, 3.05) is 19.0 Å². The third-order valence-corrected chi connectivity index (χ3v) is 2.37. The first-order valence-electron chi connectivity index (χ1n) is 5.21. The van der Waals surface area contributed by atoms with Gasteiger partial charge in [0.2, 0.25) is 0 Å². The molecule has 0 saturated heterocycles. The summed E-state index contributed by atoms with van der Waals surface area (Å²) in [6, 6.07) is 4.31. The van der Waals surface area contributed by atoms with Gasteiger partial charge < -0.3 is 15.2 Å². The highest BCUT2D eigenvalue weighted by atomic mass is 19.1. The van der Waals surface area contributed by atoms with E-state index < -0.39 is 0 Å². The molecule has 1 rings (SSSR count). The first kappa shape index (κ1) is 12.8. The van der Waals surface area contributed by atoms with Crippen LogP contribution in [0.3, 0.4) is 0 Å². The fourth-order valence-electron chi connectivity index (χ4n) is 1.48. The zero-order chi connectivity index (χ0) is 12.2. The van der Waals surface area contributed by atoms with Crippen molar-refractivity contribution in [3.8, 4) is 5.75 Å². The number of anilines is 1. The molecule has 0 spiro atoms. The summed E-state index contributed by atoms with van der Waals surface area (Å²) in [4.78, 5) is 0. The molecule has 1 aromatic carbocycles. The van der Waals surface area contributed by atoms with Crippen LogP contribution in [0.25, 0.3) is 0 Å². The minimum atomic E-state index is -0.317. The fourth-order valence-corrected chi connectivity index (χ4v) is 1.48. The predicted octanol–water partition coefficient (Wildman–Crippen LogP) is 2.41. The second-order valence-electron chi connectivity index (χ2n) is 4.33. The van der Waals surface area contributed by atoms with Crippen molar-refractivity contribution in [2.45, 2.75) is 25.8 Å². The number of aliphatic hydroxyl groups excluding tert-OH is 1. The summed E-state index contributed by atoms with van der Waals surface area (Å²) in [5.74, 6) is 0.274. The minimum Gasteiger partial charge on any atom is -0.495 e. The molecule has 1 aromatic rings. The Hall–Kier alpha value is -1.29.